The van der Waals surface area contributed by atoms with Crippen LogP contribution in [0.1, 0.15) is 25.7 Å². The summed E-state index contributed by atoms with van der Waals surface area (Å²) in [5.74, 6) is 5.99. The van der Waals surface area contributed by atoms with Gasteiger partial charge in [0.15, 0.2) is 0 Å². The van der Waals surface area contributed by atoms with Gasteiger partial charge in [0.2, 0.25) is 5.96 Å². The van der Waals surface area contributed by atoms with Crippen LogP contribution in [0.4, 0.5) is 5.69 Å². The van der Waals surface area contributed by atoms with Crippen LogP contribution in [0.3, 0.4) is 0 Å². The zero-order valence-electron chi connectivity index (χ0n) is 10.2. The molecule has 0 radical (unpaired) electrons. The molecule has 2 rings (SSSR count). The number of anilines is 1. The molecule has 104 valence electrons. The van der Waals surface area contributed by atoms with Crippen molar-refractivity contribution in [2.24, 2.45) is 10.8 Å². The first-order chi connectivity index (χ1) is 9.11. The largest absolute Gasteiger partial charge is 0.324 e. The first-order valence-electron chi connectivity index (χ1n) is 6.06. The van der Waals surface area contributed by atoms with Gasteiger partial charge in [0.25, 0.3) is 0 Å². The van der Waals surface area contributed by atoms with Gasteiger partial charge in [0.05, 0.1) is 21.8 Å². The number of nitrogens with one attached hydrogen (secondary N) is 2. The fourth-order valence-electron chi connectivity index (χ4n) is 2.07. The first kappa shape index (κ1) is 14.9. The highest BCUT2D eigenvalue weighted by Gasteiger charge is 2.15. The van der Waals surface area contributed by atoms with Crippen molar-refractivity contribution in [1.29, 1.82) is 0 Å². The van der Waals surface area contributed by atoms with Gasteiger partial charge >= 0.3 is 0 Å². The van der Waals surface area contributed by atoms with Crippen molar-refractivity contribution in [3.63, 3.8) is 0 Å². The molecule has 0 bridgehead atoms. The summed E-state index contributed by atoms with van der Waals surface area (Å²) in [4.78, 5) is 4.54. The summed E-state index contributed by atoms with van der Waals surface area (Å²) >= 11 is 15.6. The third kappa shape index (κ3) is 3.75. The van der Waals surface area contributed by atoms with Crippen molar-refractivity contribution in [1.82, 2.24) is 5.43 Å². The van der Waals surface area contributed by atoms with Crippen LogP contribution in [-0.4, -0.2) is 12.0 Å². The molecule has 7 heteroatoms. The highest BCUT2D eigenvalue weighted by atomic mass is 79.9. The maximum absolute atomic E-state index is 6.17. The van der Waals surface area contributed by atoms with Gasteiger partial charge in [-0.05, 0) is 40.9 Å². The lowest BCUT2D eigenvalue weighted by molar-refractivity contribution is 0.700. The molecule has 4 nitrogen and oxygen atoms in total. The standard InChI is InChI=1S/C12H15BrCl2N4/c13-8-5-6-9(11(15)10(8)14)18-12(19-16)17-7-3-1-2-4-7/h5-7H,1-4,16H2,(H2,17,18,19). The summed E-state index contributed by atoms with van der Waals surface area (Å²) in [6.45, 7) is 0. The van der Waals surface area contributed by atoms with E-state index < -0.39 is 0 Å². The summed E-state index contributed by atoms with van der Waals surface area (Å²) in [5.41, 5.74) is 3.24. The summed E-state index contributed by atoms with van der Waals surface area (Å²) in [5, 5.41) is 3.97. The second-order valence-corrected chi connectivity index (χ2v) is 6.02. The molecule has 1 aromatic carbocycles. The number of hydrogen-bond acceptors (Lipinski definition) is 2. The molecule has 0 aromatic heterocycles. The van der Waals surface area contributed by atoms with Crippen molar-refractivity contribution < 1.29 is 0 Å². The normalized spacial score (nSPS) is 16.7. The second kappa shape index (κ2) is 6.79. The highest BCUT2D eigenvalue weighted by molar-refractivity contribution is 9.10. The Hall–Kier alpha value is -0.490. The maximum Gasteiger partial charge on any atom is 0.210 e. The van der Waals surface area contributed by atoms with Crippen molar-refractivity contribution >= 4 is 50.8 Å². The van der Waals surface area contributed by atoms with E-state index >= 15 is 0 Å². The Bertz CT molecular complexity index is 487. The molecular formula is C12H15BrCl2N4. The number of benzene rings is 1. The topological polar surface area (TPSA) is 62.4 Å². The number of nitrogens with zero attached hydrogens (tertiary/aromatic N) is 1. The van der Waals surface area contributed by atoms with Crippen molar-refractivity contribution in [3.8, 4) is 0 Å². The minimum absolute atomic E-state index is 0.322. The third-order valence-corrected chi connectivity index (χ3v) is 4.83. The molecule has 1 aliphatic rings. The van der Waals surface area contributed by atoms with Gasteiger partial charge < -0.3 is 5.32 Å². The zero-order valence-corrected chi connectivity index (χ0v) is 13.3. The van der Waals surface area contributed by atoms with Crippen molar-refractivity contribution in [2.45, 2.75) is 31.7 Å². The molecule has 0 atom stereocenters. The lowest BCUT2D eigenvalue weighted by atomic mass is 10.3. The van der Waals surface area contributed by atoms with E-state index in [4.69, 9.17) is 29.0 Å². The molecule has 1 saturated carbocycles. The van der Waals surface area contributed by atoms with Gasteiger partial charge in [0, 0.05) is 4.47 Å². The average molecular weight is 366 g/mol. The van der Waals surface area contributed by atoms with E-state index in [1.165, 1.54) is 12.8 Å². The number of halogens is 3. The molecule has 0 saturated heterocycles. The minimum atomic E-state index is 0.322. The zero-order chi connectivity index (χ0) is 13.8. The van der Waals surface area contributed by atoms with E-state index in [1.54, 1.807) is 0 Å². The van der Waals surface area contributed by atoms with Gasteiger partial charge in [0.1, 0.15) is 0 Å². The second-order valence-electron chi connectivity index (χ2n) is 4.41. The lowest BCUT2D eigenvalue weighted by Crippen LogP contribution is -2.37. The quantitative estimate of drug-likeness (QED) is 0.244. The first-order valence-corrected chi connectivity index (χ1v) is 7.61. The summed E-state index contributed by atoms with van der Waals surface area (Å²) in [7, 11) is 0. The number of guanidine groups is 1. The molecular weight excluding hydrogens is 351 g/mol. The van der Waals surface area contributed by atoms with Gasteiger partial charge in [-0.1, -0.05) is 36.0 Å². The molecule has 0 aliphatic heterocycles. The fraction of sp³-hybridized carbons (Fsp3) is 0.417. The minimum Gasteiger partial charge on any atom is -0.324 e. The van der Waals surface area contributed by atoms with E-state index in [1.807, 2.05) is 12.1 Å². The average Bonchev–Trinajstić information content (AvgIpc) is 2.91. The molecule has 0 spiro atoms. The van der Waals surface area contributed by atoms with E-state index in [0.29, 0.717) is 27.7 Å². The Morgan fingerprint density at radius 3 is 2.58 bits per heavy atom. The monoisotopic (exact) mass is 364 g/mol. The van der Waals surface area contributed by atoms with Crippen LogP contribution in [0, 0.1) is 0 Å². The smallest absolute Gasteiger partial charge is 0.210 e. The van der Waals surface area contributed by atoms with Gasteiger partial charge in [-0.15, -0.1) is 0 Å². The van der Waals surface area contributed by atoms with Crippen LogP contribution in [-0.2, 0) is 0 Å². The van der Waals surface area contributed by atoms with E-state index in [0.717, 1.165) is 17.3 Å². The highest BCUT2D eigenvalue weighted by Crippen LogP contribution is 2.35. The van der Waals surface area contributed by atoms with Crippen molar-refractivity contribution in [3.05, 3.63) is 26.7 Å². The molecule has 0 heterocycles. The number of aliphatic imine (C=N–C) groups is 1. The van der Waals surface area contributed by atoms with Crippen LogP contribution in [0.5, 0.6) is 0 Å². The molecule has 0 unspecified atom stereocenters. The van der Waals surface area contributed by atoms with Crippen LogP contribution in [0.15, 0.2) is 21.6 Å². The Balaban J connectivity index is 2.16. The molecule has 1 aliphatic carbocycles. The number of rotatable bonds is 2. The Morgan fingerprint density at radius 1 is 1.26 bits per heavy atom. The predicted molar refractivity (Wildman–Crippen MR) is 84.8 cm³/mol. The van der Waals surface area contributed by atoms with Crippen molar-refractivity contribution in [2.75, 3.05) is 5.32 Å². The number of hydrogen-bond donors (Lipinski definition) is 3. The van der Waals surface area contributed by atoms with Gasteiger partial charge in [-0.25, -0.2) is 10.8 Å². The fourth-order valence-corrected chi connectivity index (χ4v) is 2.89. The van der Waals surface area contributed by atoms with Gasteiger partial charge in [-0.3, -0.25) is 5.43 Å². The number of nitrogens with two attached hydrogens (primary N) is 1. The summed E-state index contributed by atoms with van der Waals surface area (Å²) in [6, 6.07) is 3.96. The molecule has 0 amide bonds. The molecule has 19 heavy (non-hydrogen) atoms. The van der Waals surface area contributed by atoms with E-state index in [2.05, 4.69) is 31.7 Å². The SMILES string of the molecule is NNC(=NC1CCCC1)Nc1ccc(Br)c(Cl)c1Cl. The Labute approximate surface area is 130 Å². The van der Waals surface area contributed by atoms with Gasteiger partial charge in [-0.2, -0.15) is 0 Å². The summed E-state index contributed by atoms with van der Waals surface area (Å²) < 4.78 is 0.750. The Morgan fingerprint density at radius 2 is 1.95 bits per heavy atom. The van der Waals surface area contributed by atoms with Crippen LogP contribution in [0.25, 0.3) is 0 Å². The third-order valence-electron chi connectivity index (χ3n) is 3.06. The van der Waals surface area contributed by atoms with Crippen LogP contribution in [0.2, 0.25) is 10.0 Å². The van der Waals surface area contributed by atoms with Crippen LogP contribution >= 0.6 is 39.1 Å². The lowest BCUT2D eigenvalue weighted by Gasteiger charge is -2.13. The molecule has 1 fully saturated rings. The predicted octanol–water partition coefficient (Wildman–Crippen LogP) is 3.93. The number of hydrazine groups is 1. The summed E-state index contributed by atoms with van der Waals surface area (Å²) in [6.07, 6.45) is 4.64. The molecule has 1 aromatic rings. The maximum atomic E-state index is 6.17. The molecule has 4 N–H and O–H groups in total. The van der Waals surface area contributed by atoms with E-state index in [-0.39, 0.29) is 0 Å². The Kier molecular flexibility index (Phi) is 5.33. The van der Waals surface area contributed by atoms with E-state index in [9.17, 15) is 0 Å². The van der Waals surface area contributed by atoms with Crippen LogP contribution < -0.4 is 16.6 Å².